The SMILES string of the molecule is CCCc1ccc(-c2nn(-c3ccccc3C)c3c2CCc2nc(NC(C)=O)sc2-3)cn1. The van der Waals surface area contributed by atoms with E-state index in [9.17, 15) is 4.79 Å². The molecule has 4 aromatic rings. The molecule has 1 aliphatic rings. The van der Waals surface area contributed by atoms with E-state index in [1.165, 1.54) is 23.8 Å². The Hall–Kier alpha value is -3.32. The number of thiazole rings is 1. The summed E-state index contributed by atoms with van der Waals surface area (Å²) in [5, 5.41) is 8.59. The number of rotatable bonds is 5. The monoisotopic (exact) mass is 443 g/mol. The summed E-state index contributed by atoms with van der Waals surface area (Å²) >= 11 is 1.52. The Morgan fingerprint density at radius 1 is 1.19 bits per heavy atom. The van der Waals surface area contributed by atoms with Crippen LogP contribution < -0.4 is 5.32 Å². The van der Waals surface area contributed by atoms with E-state index in [0.29, 0.717) is 5.13 Å². The molecule has 7 heteroatoms. The summed E-state index contributed by atoms with van der Waals surface area (Å²) in [4.78, 5) is 22.0. The quantitative estimate of drug-likeness (QED) is 0.450. The molecule has 3 aromatic heterocycles. The molecule has 3 heterocycles. The van der Waals surface area contributed by atoms with Crippen LogP contribution in [-0.4, -0.2) is 25.7 Å². The fourth-order valence-electron chi connectivity index (χ4n) is 4.25. The van der Waals surface area contributed by atoms with E-state index in [0.717, 1.165) is 70.2 Å². The minimum atomic E-state index is -0.109. The lowest BCUT2D eigenvalue weighted by molar-refractivity contribution is -0.114. The predicted molar refractivity (Wildman–Crippen MR) is 128 cm³/mol. The number of fused-ring (bicyclic) bond motifs is 3. The molecule has 1 N–H and O–H groups in total. The van der Waals surface area contributed by atoms with Crippen LogP contribution in [-0.2, 0) is 24.1 Å². The van der Waals surface area contributed by atoms with Crippen LogP contribution in [0.1, 0.15) is 42.8 Å². The van der Waals surface area contributed by atoms with Gasteiger partial charge in [0.05, 0.1) is 27.6 Å². The molecule has 162 valence electrons. The fourth-order valence-corrected chi connectivity index (χ4v) is 5.37. The second-order valence-electron chi connectivity index (χ2n) is 8.14. The van der Waals surface area contributed by atoms with E-state index >= 15 is 0 Å². The highest BCUT2D eigenvalue weighted by molar-refractivity contribution is 7.19. The lowest BCUT2D eigenvalue weighted by Crippen LogP contribution is -2.07. The molecule has 1 aliphatic carbocycles. The molecule has 0 spiro atoms. The second-order valence-corrected chi connectivity index (χ2v) is 9.14. The Balaban J connectivity index is 1.70. The number of benzene rings is 1. The van der Waals surface area contributed by atoms with E-state index < -0.39 is 0 Å². The molecule has 0 bridgehead atoms. The summed E-state index contributed by atoms with van der Waals surface area (Å²) in [6.45, 7) is 5.78. The first kappa shape index (κ1) is 20.6. The van der Waals surface area contributed by atoms with Crippen LogP contribution in [0.3, 0.4) is 0 Å². The largest absolute Gasteiger partial charge is 0.302 e. The third-order valence-electron chi connectivity index (χ3n) is 5.74. The zero-order valence-corrected chi connectivity index (χ0v) is 19.3. The lowest BCUT2D eigenvalue weighted by Gasteiger charge is -2.15. The Kier molecular flexibility index (Phi) is 5.35. The van der Waals surface area contributed by atoms with E-state index in [1.54, 1.807) is 0 Å². The second kappa shape index (κ2) is 8.31. The zero-order chi connectivity index (χ0) is 22.2. The minimum absolute atomic E-state index is 0.109. The number of para-hydroxylation sites is 1. The molecule has 1 amide bonds. The first-order valence-electron chi connectivity index (χ1n) is 11.0. The van der Waals surface area contributed by atoms with Crippen molar-refractivity contribution in [1.29, 1.82) is 0 Å². The van der Waals surface area contributed by atoms with Gasteiger partial charge in [0.25, 0.3) is 0 Å². The molecular weight excluding hydrogens is 418 g/mol. The maximum Gasteiger partial charge on any atom is 0.223 e. The first-order chi connectivity index (χ1) is 15.5. The minimum Gasteiger partial charge on any atom is -0.302 e. The number of anilines is 1. The van der Waals surface area contributed by atoms with Crippen LogP contribution in [0.25, 0.3) is 27.5 Å². The maximum atomic E-state index is 11.6. The van der Waals surface area contributed by atoms with Crippen molar-refractivity contribution in [3.05, 3.63) is 65.1 Å². The van der Waals surface area contributed by atoms with Gasteiger partial charge in [-0.25, -0.2) is 9.67 Å². The lowest BCUT2D eigenvalue weighted by atomic mass is 9.95. The molecule has 0 saturated carbocycles. The van der Waals surface area contributed by atoms with Crippen molar-refractivity contribution in [1.82, 2.24) is 19.7 Å². The van der Waals surface area contributed by atoms with Gasteiger partial charge in [-0.3, -0.25) is 9.78 Å². The van der Waals surface area contributed by atoms with Crippen LogP contribution in [0.5, 0.6) is 0 Å². The number of aromatic nitrogens is 4. The Labute approximate surface area is 191 Å². The highest BCUT2D eigenvalue weighted by Crippen LogP contribution is 2.44. The van der Waals surface area contributed by atoms with E-state index in [1.807, 2.05) is 23.0 Å². The molecule has 6 nitrogen and oxygen atoms in total. The Morgan fingerprint density at radius 3 is 2.75 bits per heavy atom. The number of amides is 1. The van der Waals surface area contributed by atoms with Crippen LogP contribution in [0.15, 0.2) is 42.6 Å². The third kappa shape index (κ3) is 3.62. The number of aryl methyl sites for hydroxylation is 3. The van der Waals surface area contributed by atoms with Gasteiger partial charge in [-0.05, 0) is 49.9 Å². The molecule has 0 radical (unpaired) electrons. The summed E-state index contributed by atoms with van der Waals surface area (Å²) in [6, 6.07) is 12.5. The smallest absolute Gasteiger partial charge is 0.223 e. The highest BCUT2D eigenvalue weighted by Gasteiger charge is 2.30. The van der Waals surface area contributed by atoms with Crippen LogP contribution >= 0.6 is 11.3 Å². The van der Waals surface area contributed by atoms with Gasteiger partial charge in [-0.15, -0.1) is 0 Å². The topological polar surface area (TPSA) is 72.7 Å². The number of carbonyl (C=O) groups is 1. The average Bonchev–Trinajstić information content (AvgIpc) is 3.35. The molecule has 0 atom stereocenters. The highest BCUT2D eigenvalue weighted by atomic mass is 32.1. The van der Waals surface area contributed by atoms with Crippen LogP contribution in [0.2, 0.25) is 0 Å². The van der Waals surface area contributed by atoms with Crippen molar-refractivity contribution in [2.24, 2.45) is 0 Å². The van der Waals surface area contributed by atoms with Crippen molar-refractivity contribution < 1.29 is 4.79 Å². The van der Waals surface area contributed by atoms with Gasteiger partial charge in [0.1, 0.15) is 0 Å². The van der Waals surface area contributed by atoms with Gasteiger partial charge in [-0.2, -0.15) is 5.10 Å². The number of pyridine rings is 1. The summed E-state index contributed by atoms with van der Waals surface area (Å²) in [5.74, 6) is -0.109. The number of carbonyl (C=O) groups excluding carboxylic acids is 1. The zero-order valence-electron chi connectivity index (χ0n) is 18.5. The standard InChI is InChI=1S/C25H25N5OS/c1-4-7-18-11-10-17(14-26-18)22-19-12-13-20-24(32-25(28-20)27-16(3)31)23(19)30(29-22)21-9-6-5-8-15(21)2/h5-6,8-11,14H,4,7,12-13H2,1-3H3,(H,27,28,31). The van der Waals surface area contributed by atoms with E-state index in [2.05, 4.69) is 48.4 Å². The molecule has 1 aromatic carbocycles. The molecule has 5 rings (SSSR count). The van der Waals surface area contributed by atoms with Gasteiger partial charge < -0.3 is 5.32 Å². The normalized spacial score (nSPS) is 12.3. The van der Waals surface area contributed by atoms with Crippen molar-refractivity contribution in [2.75, 3.05) is 5.32 Å². The van der Waals surface area contributed by atoms with E-state index in [-0.39, 0.29) is 5.91 Å². The number of hydrogen-bond donors (Lipinski definition) is 1. The first-order valence-corrected chi connectivity index (χ1v) is 11.8. The van der Waals surface area contributed by atoms with Gasteiger partial charge >= 0.3 is 0 Å². The van der Waals surface area contributed by atoms with Gasteiger partial charge in [0.2, 0.25) is 5.91 Å². The van der Waals surface area contributed by atoms with Crippen molar-refractivity contribution in [2.45, 2.75) is 46.5 Å². The Bertz CT molecular complexity index is 1300. The van der Waals surface area contributed by atoms with Crippen LogP contribution in [0.4, 0.5) is 5.13 Å². The molecule has 0 fully saturated rings. The molecule has 0 aliphatic heterocycles. The number of nitrogens with one attached hydrogen (secondary N) is 1. The molecular formula is C25H25N5OS. The molecule has 0 unspecified atom stereocenters. The Morgan fingerprint density at radius 2 is 2.03 bits per heavy atom. The molecule has 0 saturated heterocycles. The van der Waals surface area contributed by atoms with Crippen molar-refractivity contribution in [3.8, 4) is 27.5 Å². The summed E-state index contributed by atoms with van der Waals surface area (Å²) in [5.41, 5.74) is 8.61. The van der Waals surface area contributed by atoms with Crippen LogP contribution in [0, 0.1) is 6.92 Å². The van der Waals surface area contributed by atoms with Crippen molar-refractivity contribution >= 4 is 22.4 Å². The van der Waals surface area contributed by atoms with E-state index in [4.69, 9.17) is 10.1 Å². The molecule has 32 heavy (non-hydrogen) atoms. The number of nitrogens with zero attached hydrogens (tertiary/aromatic N) is 4. The number of hydrogen-bond acceptors (Lipinski definition) is 5. The van der Waals surface area contributed by atoms with Gasteiger partial charge in [0.15, 0.2) is 5.13 Å². The summed E-state index contributed by atoms with van der Waals surface area (Å²) < 4.78 is 2.05. The van der Waals surface area contributed by atoms with Gasteiger partial charge in [-0.1, -0.05) is 42.9 Å². The fraction of sp³-hybridized carbons (Fsp3) is 0.280. The summed E-state index contributed by atoms with van der Waals surface area (Å²) in [7, 11) is 0. The third-order valence-corrected chi connectivity index (χ3v) is 6.76. The predicted octanol–water partition coefficient (Wildman–Crippen LogP) is 5.38. The maximum absolute atomic E-state index is 11.6. The van der Waals surface area contributed by atoms with Crippen molar-refractivity contribution in [3.63, 3.8) is 0 Å². The van der Waals surface area contributed by atoms with Gasteiger partial charge in [0, 0.05) is 29.9 Å². The summed E-state index contributed by atoms with van der Waals surface area (Å²) in [6.07, 6.45) is 5.68. The average molecular weight is 444 g/mol.